The molecule has 0 bridgehead atoms. The van der Waals surface area contributed by atoms with Crippen molar-refractivity contribution in [3.8, 4) is 0 Å². The Hall–Kier alpha value is -1.35. The molecule has 3 nitrogen and oxygen atoms in total. The molecular formula is C16H24N2O. The molecular weight excluding hydrogens is 236 g/mol. The summed E-state index contributed by atoms with van der Waals surface area (Å²) >= 11 is 0. The van der Waals surface area contributed by atoms with Gasteiger partial charge in [-0.1, -0.05) is 31.0 Å². The molecule has 1 aliphatic carbocycles. The summed E-state index contributed by atoms with van der Waals surface area (Å²) < 4.78 is 0. The van der Waals surface area contributed by atoms with Gasteiger partial charge in [-0.15, -0.1) is 0 Å². The first-order valence-electron chi connectivity index (χ1n) is 7.26. The second-order valence-electron chi connectivity index (χ2n) is 5.53. The van der Waals surface area contributed by atoms with Gasteiger partial charge >= 0.3 is 0 Å². The molecule has 2 rings (SSSR count). The van der Waals surface area contributed by atoms with Gasteiger partial charge in [0.2, 0.25) is 0 Å². The van der Waals surface area contributed by atoms with Gasteiger partial charge in [0, 0.05) is 19.2 Å². The molecule has 2 N–H and O–H groups in total. The maximum Gasteiger partial charge on any atom is 0.253 e. The van der Waals surface area contributed by atoms with Crippen LogP contribution in [0.25, 0.3) is 0 Å². The molecule has 104 valence electrons. The number of benzene rings is 1. The van der Waals surface area contributed by atoms with Crippen LogP contribution in [0.4, 0.5) is 0 Å². The molecule has 1 amide bonds. The van der Waals surface area contributed by atoms with Crippen molar-refractivity contribution in [1.29, 1.82) is 0 Å². The molecule has 1 saturated carbocycles. The number of hydrogen-bond donors (Lipinski definition) is 1. The average Bonchev–Trinajstić information content (AvgIpc) is 2.92. The summed E-state index contributed by atoms with van der Waals surface area (Å²) in [5.41, 5.74) is 7.49. The molecule has 0 unspecified atom stereocenters. The SMILES string of the molecule is CN(CC1CCCC1)C(=O)c1ccccc1CCN. The minimum Gasteiger partial charge on any atom is -0.341 e. The van der Waals surface area contributed by atoms with E-state index < -0.39 is 0 Å². The molecule has 0 heterocycles. The van der Waals surface area contributed by atoms with Gasteiger partial charge in [0.15, 0.2) is 0 Å². The molecule has 0 aliphatic heterocycles. The first-order valence-corrected chi connectivity index (χ1v) is 7.26. The van der Waals surface area contributed by atoms with Gasteiger partial charge in [-0.3, -0.25) is 4.79 Å². The van der Waals surface area contributed by atoms with Crippen LogP contribution < -0.4 is 5.73 Å². The van der Waals surface area contributed by atoms with E-state index in [1.807, 2.05) is 36.2 Å². The summed E-state index contributed by atoms with van der Waals surface area (Å²) in [6.45, 7) is 1.46. The summed E-state index contributed by atoms with van der Waals surface area (Å²) in [6.07, 6.45) is 5.93. The smallest absolute Gasteiger partial charge is 0.253 e. The van der Waals surface area contributed by atoms with Crippen LogP contribution in [0.5, 0.6) is 0 Å². The lowest BCUT2D eigenvalue weighted by atomic mass is 10.0. The highest BCUT2D eigenvalue weighted by atomic mass is 16.2. The predicted octanol–water partition coefficient (Wildman–Crippen LogP) is 2.45. The summed E-state index contributed by atoms with van der Waals surface area (Å²) in [4.78, 5) is 14.4. The Morgan fingerprint density at radius 2 is 2.00 bits per heavy atom. The van der Waals surface area contributed by atoms with Crippen molar-refractivity contribution in [3.05, 3.63) is 35.4 Å². The van der Waals surface area contributed by atoms with E-state index in [2.05, 4.69) is 0 Å². The van der Waals surface area contributed by atoms with Crippen LogP contribution >= 0.6 is 0 Å². The van der Waals surface area contributed by atoms with Gasteiger partial charge in [0.05, 0.1) is 0 Å². The molecule has 1 aromatic rings. The van der Waals surface area contributed by atoms with Crippen LogP contribution in [0.1, 0.15) is 41.6 Å². The van der Waals surface area contributed by atoms with E-state index in [9.17, 15) is 4.79 Å². The number of carbonyl (C=O) groups is 1. The highest BCUT2D eigenvalue weighted by molar-refractivity contribution is 5.95. The molecule has 19 heavy (non-hydrogen) atoms. The third-order valence-corrected chi connectivity index (χ3v) is 4.01. The lowest BCUT2D eigenvalue weighted by molar-refractivity contribution is 0.0772. The predicted molar refractivity (Wildman–Crippen MR) is 78.1 cm³/mol. The summed E-state index contributed by atoms with van der Waals surface area (Å²) in [7, 11) is 1.92. The van der Waals surface area contributed by atoms with Crippen LogP contribution in [0.3, 0.4) is 0 Å². The molecule has 0 radical (unpaired) electrons. The fourth-order valence-corrected chi connectivity index (χ4v) is 2.97. The van der Waals surface area contributed by atoms with Crippen molar-refractivity contribution in [2.75, 3.05) is 20.1 Å². The van der Waals surface area contributed by atoms with Crippen molar-refractivity contribution < 1.29 is 4.79 Å². The number of nitrogens with two attached hydrogens (primary N) is 1. The van der Waals surface area contributed by atoms with Gasteiger partial charge in [-0.05, 0) is 43.4 Å². The second-order valence-corrected chi connectivity index (χ2v) is 5.53. The molecule has 1 aromatic carbocycles. The number of hydrogen-bond acceptors (Lipinski definition) is 2. The molecule has 3 heteroatoms. The van der Waals surface area contributed by atoms with E-state index in [0.717, 1.165) is 24.1 Å². The van der Waals surface area contributed by atoms with Gasteiger partial charge in [-0.25, -0.2) is 0 Å². The van der Waals surface area contributed by atoms with Gasteiger partial charge in [0.25, 0.3) is 5.91 Å². The standard InChI is InChI=1S/C16H24N2O/c1-18(12-13-6-2-3-7-13)16(19)15-9-5-4-8-14(15)10-11-17/h4-5,8-9,13H,2-3,6-7,10-12,17H2,1H3. The maximum atomic E-state index is 12.5. The number of rotatable bonds is 5. The normalized spacial score (nSPS) is 15.7. The van der Waals surface area contributed by atoms with E-state index in [4.69, 9.17) is 5.73 Å². The topological polar surface area (TPSA) is 46.3 Å². The molecule has 0 saturated heterocycles. The van der Waals surface area contributed by atoms with E-state index >= 15 is 0 Å². The lowest BCUT2D eigenvalue weighted by Crippen LogP contribution is -2.32. The summed E-state index contributed by atoms with van der Waals surface area (Å²) in [5.74, 6) is 0.826. The fourth-order valence-electron chi connectivity index (χ4n) is 2.97. The number of amides is 1. The van der Waals surface area contributed by atoms with Crippen molar-refractivity contribution in [1.82, 2.24) is 4.90 Å². The summed E-state index contributed by atoms with van der Waals surface area (Å²) in [5, 5.41) is 0. The largest absolute Gasteiger partial charge is 0.341 e. The maximum absolute atomic E-state index is 12.5. The molecule has 0 atom stereocenters. The first-order chi connectivity index (χ1) is 9.22. The minimum absolute atomic E-state index is 0.135. The average molecular weight is 260 g/mol. The highest BCUT2D eigenvalue weighted by Crippen LogP contribution is 2.25. The van der Waals surface area contributed by atoms with Crippen molar-refractivity contribution >= 4 is 5.91 Å². The Kier molecular flexibility index (Phi) is 4.97. The third kappa shape index (κ3) is 3.57. The quantitative estimate of drug-likeness (QED) is 0.884. The van der Waals surface area contributed by atoms with Crippen LogP contribution in [-0.4, -0.2) is 30.9 Å². The van der Waals surface area contributed by atoms with Crippen LogP contribution in [0.2, 0.25) is 0 Å². The zero-order valence-corrected chi connectivity index (χ0v) is 11.8. The monoisotopic (exact) mass is 260 g/mol. The molecule has 0 aromatic heterocycles. The van der Waals surface area contributed by atoms with Crippen LogP contribution in [-0.2, 0) is 6.42 Å². The fraction of sp³-hybridized carbons (Fsp3) is 0.562. The highest BCUT2D eigenvalue weighted by Gasteiger charge is 2.21. The minimum atomic E-state index is 0.135. The first kappa shape index (κ1) is 14.1. The van der Waals surface area contributed by atoms with E-state index in [1.54, 1.807) is 0 Å². The zero-order chi connectivity index (χ0) is 13.7. The Bertz CT molecular complexity index is 425. The van der Waals surface area contributed by atoms with E-state index in [0.29, 0.717) is 12.5 Å². The third-order valence-electron chi connectivity index (χ3n) is 4.01. The van der Waals surface area contributed by atoms with E-state index in [-0.39, 0.29) is 5.91 Å². The molecule has 0 spiro atoms. The molecule has 1 fully saturated rings. The lowest BCUT2D eigenvalue weighted by Gasteiger charge is -2.22. The van der Waals surface area contributed by atoms with E-state index in [1.165, 1.54) is 25.7 Å². The van der Waals surface area contributed by atoms with Crippen LogP contribution in [0, 0.1) is 5.92 Å². The van der Waals surface area contributed by atoms with Crippen molar-refractivity contribution in [3.63, 3.8) is 0 Å². The van der Waals surface area contributed by atoms with Crippen LogP contribution in [0.15, 0.2) is 24.3 Å². The Morgan fingerprint density at radius 3 is 2.68 bits per heavy atom. The Morgan fingerprint density at radius 1 is 1.32 bits per heavy atom. The Labute approximate surface area is 115 Å². The number of carbonyl (C=O) groups excluding carboxylic acids is 1. The number of nitrogens with zero attached hydrogens (tertiary/aromatic N) is 1. The van der Waals surface area contributed by atoms with Gasteiger partial charge in [0.1, 0.15) is 0 Å². The van der Waals surface area contributed by atoms with Gasteiger partial charge in [-0.2, -0.15) is 0 Å². The zero-order valence-electron chi connectivity index (χ0n) is 11.8. The second kappa shape index (κ2) is 6.71. The van der Waals surface area contributed by atoms with Crippen molar-refractivity contribution in [2.24, 2.45) is 11.7 Å². The van der Waals surface area contributed by atoms with Crippen molar-refractivity contribution in [2.45, 2.75) is 32.1 Å². The van der Waals surface area contributed by atoms with Gasteiger partial charge < -0.3 is 10.6 Å². The summed E-state index contributed by atoms with van der Waals surface area (Å²) in [6, 6.07) is 7.82. The molecule has 1 aliphatic rings. The Balaban J connectivity index is 2.05.